The lowest BCUT2D eigenvalue weighted by atomic mass is 10.2. The first kappa shape index (κ1) is 23.2. The molecule has 3 aromatic rings. The number of hydrogen-bond acceptors (Lipinski definition) is 7. The maximum absolute atomic E-state index is 12.8. The number of aromatic nitrogens is 3. The Hall–Kier alpha value is -3.46. The lowest BCUT2D eigenvalue weighted by Crippen LogP contribution is -2.23. The Bertz CT molecular complexity index is 1100. The molecule has 1 atom stereocenters. The number of allylic oxidation sites excluding steroid dienone is 1. The standard InChI is InChI=1S/C23H26N4O4S/c1-6-13-27-21(17-9-7-8-10-18(17)29-3)25-26-23(27)32-15(2)22(28)24-16-11-12-19(30-4)20(14-16)31-5/h6-12,14-15H,1,13H2,2-5H3,(H,24,28). The van der Waals surface area contributed by atoms with Crippen LogP contribution in [0.3, 0.4) is 0 Å². The molecule has 2 aromatic carbocycles. The van der Waals surface area contributed by atoms with E-state index in [1.165, 1.54) is 11.8 Å². The lowest BCUT2D eigenvalue weighted by molar-refractivity contribution is -0.115. The third kappa shape index (κ3) is 5.05. The van der Waals surface area contributed by atoms with Crippen molar-refractivity contribution in [2.24, 2.45) is 0 Å². The molecule has 1 unspecified atom stereocenters. The number of amides is 1. The molecule has 1 amide bonds. The minimum Gasteiger partial charge on any atom is -0.496 e. The highest BCUT2D eigenvalue weighted by Gasteiger charge is 2.22. The van der Waals surface area contributed by atoms with Gasteiger partial charge in [-0.25, -0.2) is 0 Å². The molecule has 1 N–H and O–H groups in total. The number of benzene rings is 2. The summed E-state index contributed by atoms with van der Waals surface area (Å²) in [5.41, 5.74) is 1.43. The molecule has 0 spiro atoms. The van der Waals surface area contributed by atoms with Gasteiger partial charge in [0.05, 0.1) is 32.1 Å². The van der Waals surface area contributed by atoms with Gasteiger partial charge >= 0.3 is 0 Å². The molecule has 0 saturated carbocycles. The number of carbonyl (C=O) groups excluding carboxylic acids is 1. The van der Waals surface area contributed by atoms with Crippen molar-refractivity contribution in [2.45, 2.75) is 23.9 Å². The summed E-state index contributed by atoms with van der Waals surface area (Å²) in [6.45, 7) is 6.15. The number of anilines is 1. The van der Waals surface area contributed by atoms with E-state index in [1.807, 2.05) is 35.8 Å². The van der Waals surface area contributed by atoms with Gasteiger partial charge in [0.2, 0.25) is 5.91 Å². The monoisotopic (exact) mass is 454 g/mol. The van der Waals surface area contributed by atoms with Crippen LogP contribution in [0.5, 0.6) is 17.2 Å². The smallest absolute Gasteiger partial charge is 0.237 e. The Morgan fingerprint density at radius 3 is 2.50 bits per heavy atom. The van der Waals surface area contributed by atoms with Crippen LogP contribution in [0.1, 0.15) is 6.92 Å². The fourth-order valence-corrected chi connectivity index (χ4v) is 3.93. The number of carbonyl (C=O) groups is 1. The molecule has 1 aromatic heterocycles. The predicted octanol–water partition coefficient (Wildman–Crippen LogP) is 4.28. The van der Waals surface area contributed by atoms with Crippen LogP contribution in [0, 0.1) is 0 Å². The molecule has 32 heavy (non-hydrogen) atoms. The number of nitrogens with zero attached hydrogens (tertiary/aromatic N) is 3. The molecular formula is C23H26N4O4S. The van der Waals surface area contributed by atoms with Crippen molar-refractivity contribution in [1.82, 2.24) is 14.8 Å². The Labute approximate surface area is 191 Å². The summed E-state index contributed by atoms with van der Waals surface area (Å²) in [5, 5.41) is 11.8. The maximum Gasteiger partial charge on any atom is 0.237 e. The first-order valence-corrected chi connectivity index (χ1v) is 10.8. The van der Waals surface area contributed by atoms with Crippen LogP contribution in [-0.4, -0.2) is 47.3 Å². The summed E-state index contributed by atoms with van der Waals surface area (Å²) in [5.74, 6) is 2.31. The van der Waals surface area contributed by atoms with Gasteiger partial charge in [0.1, 0.15) is 5.75 Å². The topological polar surface area (TPSA) is 87.5 Å². The van der Waals surface area contributed by atoms with Crippen LogP contribution in [0.15, 0.2) is 60.3 Å². The van der Waals surface area contributed by atoms with Crippen molar-refractivity contribution < 1.29 is 19.0 Å². The molecule has 0 radical (unpaired) electrons. The highest BCUT2D eigenvalue weighted by molar-refractivity contribution is 8.00. The molecule has 3 rings (SSSR count). The van der Waals surface area contributed by atoms with Gasteiger partial charge in [-0.1, -0.05) is 30.0 Å². The summed E-state index contributed by atoms with van der Waals surface area (Å²) in [6, 6.07) is 12.8. The molecule has 0 fully saturated rings. The van der Waals surface area contributed by atoms with Crippen LogP contribution in [0.2, 0.25) is 0 Å². The quantitative estimate of drug-likeness (QED) is 0.361. The summed E-state index contributed by atoms with van der Waals surface area (Å²) in [6.07, 6.45) is 1.76. The summed E-state index contributed by atoms with van der Waals surface area (Å²) in [4.78, 5) is 12.8. The van der Waals surface area contributed by atoms with E-state index < -0.39 is 5.25 Å². The normalized spacial score (nSPS) is 11.5. The molecule has 9 heteroatoms. The van der Waals surface area contributed by atoms with E-state index >= 15 is 0 Å². The number of methoxy groups -OCH3 is 3. The van der Waals surface area contributed by atoms with E-state index in [4.69, 9.17) is 14.2 Å². The summed E-state index contributed by atoms with van der Waals surface area (Å²) in [7, 11) is 4.73. The molecule has 168 valence electrons. The summed E-state index contributed by atoms with van der Waals surface area (Å²) >= 11 is 1.32. The van der Waals surface area contributed by atoms with Crippen LogP contribution < -0.4 is 19.5 Å². The van der Waals surface area contributed by atoms with Gasteiger partial charge in [-0.2, -0.15) is 0 Å². The third-order valence-electron chi connectivity index (χ3n) is 4.68. The van der Waals surface area contributed by atoms with Crippen molar-refractivity contribution in [3.63, 3.8) is 0 Å². The number of nitrogens with one attached hydrogen (secondary N) is 1. The van der Waals surface area contributed by atoms with E-state index in [0.717, 1.165) is 5.56 Å². The average molecular weight is 455 g/mol. The van der Waals surface area contributed by atoms with Crippen molar-refractivity contribution >= 4 is 23.4 Å². The molecule has 0 aliphatic carbocycles. The van der Waals surface area contributed by atoms with Gasteiger partial charge in [0.25, 0.3) is 0 Å². The molecule has 0 saturated heterocycles. The zero-order valence-electron chi connectivity index (χ0n) is 18.5. The number of thioether (sulfide) groups is 1. The van der Waals surface area contributed by atoms with E-state index in [0.29, 0.717) is 40.5 Å². The minimum atomic E-state index is -0.429. The SMILES string of the molecule is C=CCn1c(SC(C)C(=O)Nc2ccc(OC)c(OC)c2)nnc1-c1ccccc1OC. The first-order chi connectivity index (χ1) is 15.5. The van der Waals surface area contributed by atoms with Gasteiger partial charge in [-0.3, -0.25) is 9.36 Å². The van der Waals surface area contributed by atoms with Crippen LogP contribution in [-0.2, 0) is 11.3 Å². The second-order valence-electron chi connectivity index (χ2n) is 6.72. The summed E-state index contributed by atoms with van der Waals surface area (Å²) < 4.78 is 17.9. The zero-order valence-corrected chi connectivity index (χ0v) is 19.3. The van der Waals surface area contributed by atoms with E-state index in [-0.39, 0.29) is 5.91 Å². The molecule has 0 bridgehead atoms. The highest BCUT2D eigenvalue weighted by Crippen LogP contribution is 2.33. The van der Waals surface area contributed by atoms with Crippen LogP contribution in [0.4, 0.5) is 5.69 Å². The second kappa shape index (κ2) is 10.7. The Balaban J connectivity index is 1.80. The lowest BCUT2D eigenvalue weighted by Gasteiger charge is -2.14. The zero-order chi connectivity index (χ0) is 23.1. The van der Waals surface area contributed by atoms with Crippen molar-refractivity contribution in [1.29, 1.82) is 0 Å². The number of ether oxygens (including phenoxy) is 3. The van der Waals surface area contributed by atoms with E-state index in [9.17, 15) is 4.79 Å². The van der Waals surface area contributed by atoms with Crippen LogP contribution >= 0.6 is 11.8 Å². The number of para-hydroxylation sites is 1. The first-order valence-electron chi connectivity index (χ1n) is 9.89. The van der Waals surface area contributed by atoms with E-state index in [2.05, 4.69) is 22.1 Å². The van der Waals surface area contributed by atoms with Gasteiger partial charge in [-0.05, 0) is 31.2 Å². The number of rotatable bonds is 10. The Morgan fingerprint density at radius 1 is 1.09 bits per heavy atom. The van der Waals surface area contributed by atoms with Gasteiger partial charge in [-0.15, -0.1) is 16.8 Å². The molecule has 1 heterocycles. The second-order valence-corrected chi connectivity index (χ2v) is 8.03. The fourth-order valence-electron chi connectivity index (χ4n) is 3.07. The van der Waals surface area contributed by atoms with Crippen molar-refractivity contribution in [3.8, 4) is 28.6 Å². The Morgan fingerprint density at radius 2 is 1.81 bits per heavy atom. The van der Waals surface area contributed by atoms with Crippen molar-refractivity contribution in [3.05, 3.63) is 55.1 Å². The number of hydrogen-bond donors (Lipinski definition) is 1. The molecular weight excluding hydrogens is 428 g/mol. The average Bonchev–Trinajstić information content (AvgIpc) is 3.20. The highest BCUT2D eigenvalue weighted by atomic mass is 32.2. The minimum absolute atomic E-state index is 0.172. The van der Waals surface area contributed by atoms with E-state index in [1.54, 1.807) is 45.6 Å². The Kier molecular flexibility index (Phi) is 7.77. The fraction of sp³-hybridized carbons (Fsp3) is 0.261. The molecule has 8 nitrogen and oxygen atoms in total. The van der Waals surface area contributed by atoms with Gasteiger partial charge < -0.3 is 19.5 Å². The largest absolute Gasteiger partial charge is 0.496 e. The molecule has 0 aliphatic rings. The van der Waals surface area contributed by atoms with Gasteiger partial charge in [0.15, 0.2) is 22.5 Å². The maximum atomic E-state index is 12.8. The van der Waals surface area contributed by atoms with Gasteiger partial charge in [0, 0.05) is 18.3 Å². The molecule has 0 aliphatic heterocycles. The van der Waals surface area contributed by atoms with Crippen molar-refractivity contribution in [2.75, 3.05) is 26.6 Å². The van der Waals surface area contributed by atoms with Crippen LogP contribution in [0.25, 0.3) is 11.4 Å². The predicted molar refractivity (Wildman–Crippen MR) is 126 cm³/mol. The third-order valence-corrected chi connectivity index (χ3v) is 5.76.